The van der Waals surface area contributed by atoms with Gasteiger partial charge in [0.2, 0.25) is 0 Å². The molecule has 0 amide bonds. The zero-order valence-corrected chi connectivity index (χ0v) is 23.5. The molecule has 0 spiro atoms. The van der Waals surface area contributed by atoms with Crippen molar-refractivity contribution in [3.8, 4) is 17.2 Å². The molecule has 0 bridgehead atoms. The van der Waals surface area contributed by atoms with Crippen LogP contribution in [0.4, 0.5) is 0 Å². The van der Waals surface area contributed by atoms with E-state index in [1.54, 1.807) is 24.3 Å². The molecule has 0 radical (unpaired) electrons. The molecule has 1 N–H and O–H groups in total. The van der Waals surface area contributed by atoms with Gasteiger partial charge in [0.25, 0.3) is 10.1 Å². The van der Waals surface area contributed by atoms with Crippen molar-refractivity contribution in [2.75, 3.05) is 0 Å². The Morgan fingerprint density at radius 2 is 1.34 bits per heavy atom. The molecular weight excluding hydrogens is 451 g/mol. The summed E-state index contributed by atoms with van der Waals surface area (Å²) in [4.78, 5) is -0.315. The van der Waals surface area contributed by atoms with Gasteiger partial charge in [-0.3, -0.25) is 4.55 Å². The minimum Gasteiger partial charge on any atom is -0.870 e. The Balaban J connectivity index is 0.00000512. The third kappa shape index (κ3) is 10.7. The Morgan fingerprint density at radius 1 is 0.812 bits per heavy atom. The SMILES string of the molecule is CCCCCCCCCCCCCc1c(S(=O)(=O)O)ccc(Oc2ccccc2)c1[O-].[K+]. The molecule has 0 aliphatic rings. The molecule has 0 unspecified atom stereocenters. The maximum atomic E-state index is 12.9. The van der Waals surface area contributed by atoms with Crippen LogP contribution >= 0.6 is 0 Å². The first-order chi connectivity index (χ1) is 14.9. The van der Waals surface area contributed by atoms with E-state index in [1.807, 2.05) is 6.07 Å². The summed E-state index contributed by atoms with van der Waals surface area (Å²) in [5, 5.41) is 12.9. The smallest absolute Gasteiger partial charge is 0.870 e. The first-order valence-corrected chi connectivity index (χ1v) is 12.9. The molecule has 0 atom stereocenters. The summed E-state index contributed by atoms with van der Waals surface area (Å²) in [5.41, 5.74) is 0.104. The van der Waals surface area contributed by atoms with Crippen molar-refractivity contribution >= 4 is 10.1 Å². The van der Waals surface area contributed by atoms with Crippen LogP contribution < -0.4 is 61.2 Å². The van der Waals surface area contributed by atoms with Crippen molar-refractivity contribution < 1.29 is 74.2 Å². The van der Waals surface area contributed by atoms with Gasteiger partial charge in [-0.2, -0.15) is 8.42 Å². The van der Waals surface area contributed by atoms with Crippen LogP contribution in [0.15, 0.2) is 47.4 Å². The molecule has 0 aromatic heterocycles. The summed E-state index contributed by atoms with van der Waals surface area (Å²) in [6.07, 6.45) is 13.2. The standard InChI is InChI=1S/C25H36O5S.K/c1-2-3-4-5-6-7-8-9-10-11-15-18-22-24(31(27,28)29)20-19-23(25(22)26)30-21-16-13-12-14-17-21;/h12-14,16-17,19-20,26H,2-11,15,18H2,1H3,(H,27,28,29);/q;+1/p-1. The van der Waals surface area contributed by atoms with Gasteiger partial charge < -0.3 is 9.84 Å². The second-order valence-corrected chi connectivity index (χ2v) is 9.44. The molecule has 0 fully saturated rings. The van der Waals surface area contributed by atoms with E-state index in [9.17, 15) is 18.1 Å². The fourth-order valence-electron chi connectivity index (χ4n) is 3.73. The summed E-state index contributed by atoms with van der Waals surface area (Å²) >= 11 is 0. The fourth-order valence-corrected chi connectivity index (χ4v) is 4.47. The van der Waals surface area contributed by atoms with Crippen LogP contribution in [0, 0.1) is 0 Å². The zero-order chi connectivity index (χ0) is 22.5. The monoisotopic (exact) mass is 486 g/mol. The number of hydrogen-bond acceptors (Lipinski definition) is 4. The molecule has 7 heteroatoms. The normalized spacial score (nSPS) is 11.2. The second kappa shape index (κ2) is 16.3. The van der Waals surface area contributed by atoms with Crippen LogP contribution in [-0.2, 0) is 16.5 Å². The molecule has 0 aliphatic heterocycles. The molecule has 0 saturated carbocycles. The Bertz CT molecular complexity index is 885. The summed E-state index contributed by atoms with van der Waals surface area (Å²) in [5.74, 6) is 0.0857. The summed E-state index contributed by atoms with van der Waals surface area (Å²) in [7, 11) is -4.47. The van der Waals surface area contributed by atoms with Crippen LogP contribution in [0.2, 0.25) is 0 Å². The van der Waals surface area contributed by atoms with E-state index >= 15 is 0 Å². The van der Waals surface area contributed by atoms with Gasteiger partial charge in [0, 0.05) is 0 Å². The number of hydrogen-bond donors (Lipinski definition) is 1. The van der Waals surface area contributed by atoms with Crippen molar-refractivity contribution in [2.45, 2.75) is 88.9 Å². The molecule has 0 aliphatic carbocycles. The first-order valence-electron chi connectivity index (χ1n) is 11.5. The van der Waals surface area contributed by atoms with Crippen LogP contribution in [-0.4, -0.2) is 13.0 Å². The molecule has 5 nitrogen and oxygen atoms in total. The van der Waals surface area contributed by atoms with E-state index in [0.29, 0.717) is 18.6 Å². The zero-order valence-electron chi connectivity index (χ0n) is 19.5. The summed E-state index contributed by atoms with van der Waals surface area (Å²) < 4.78 is 38.7. The topological polar surface area (TPSA) is 86.7 Å². The van der Waals surface area contributed by atoms with Gasteiger partial charge in [-0.05, 0) is 42.7 Å². The molecular formula is C25H35KO5S. The quantitative estimate of drug-likeness (QED) is 0.236. The number of unbranched alkanes of at least 4 members (excludes halogenated alkanes) is 10. The maximum absolute atomic E-state index is 12.9. The number of benzene rings is 2. The van der Waals surface area contributed by atoms with E-state index in [0.717, 1.165) is 19.3 Å². The molecule has 2 aromatic carbocycles. The van der Waals surface area contributed by atoms with Gasteiger partial charge >= 0.3 is 51.4 Å². The number of rotatable bonds is 15. The second-order valence-electron chi connectivity index (χ2n) is 8.05. The Kier molecular flexibility index (Phi) is 15.0. The Hall–Kier alpha value is -0.414. The summed E-state index contributed by atoms with van der Waals surface area (Å²) in [6, 6.07) is 11.4. The van der Waals surface area contributed by atoms with Crippen LogP contribution in [0.3, 0.4) is 0 Å². The molecule has 32 heavy (non-hydrogen) atoms. The van der Waals surface area contributed by atoms with Crippen molar-refractivity contribution in [3.05, 3.63) is 48.0 Å². The largest absolute Gasteiger partial charge is 1.00 e. The van der Waals surface area contributed by atoms with E-state index in [1.165, 1.54) is 57.1 Å². The molecule has 2 aromatic rings. The molecule has 0 heterocycles. The number of para-hydroxylation sites is 1. The van der Waals surface area contributed by atoms with E-state index < -0.39 is 15.9 Å². The minimum absolute atomic E-state index is 0. The molecule has 2 rings (SSSR count). The first kappa shape index (κ1) is 29.6. The third-order valence-corrected chi connectivity index (χ3v) is 6.40. The number of ether oxygens (including phenoxy) is 1. The van der Waals surface area contributed by atoms with Crippen molar-refractivity contribution in [1.29, 1.82) is 0 Å². The van der Waals surface area contributed by atoms with Gasteiger partial charge in [-0.1, -0.05) is 95.1 Å². The fraction of sp³-hybridized carbons (Fsp3) is 0.520. The Labute approximate surface area is 236 Å². The van der Waals surface area contributed by atoms with Crippen LogP contribution in [0.5, 0.6) is 17.2 Å². The molecule has 172 valence electrons. The van der Waals surface area contributed by atoms with Gasteiger partial charge in [0.05, 0.1) is 4.90 Å². The Morgan fingerprint density at radius 3 is 1.88 bits per heavy atom. The van der Waals surface area contributed by atoms with E-state index in [-0.39, 0.29) is 67.6 Å². The third-order valence-electron chi connectivity index (χ3n) is 5.46. The van der Waals surface area contributed by atoms with Crippen LogP contribution in [0.1, 0.15) is 83.1 Å². The van der Waals surface area contributed by atoms with Crippen molar-refractivity contribution in [3.63, 3.8) is 0 Å². The maximum Gasteiger partial charge on any atom is 1.00 e. The van der Waals surface area contributed by atoms with Gasteiger partial charge in [0.1, 0.15) is 11.5 Å². The van der Waals surface area contributed by atoms with Crippen molar-refractivity contribution in [2.24, 2.45) is 0 Å². The van der Waals surface area contributed by atoms with Crippen molar-refractivity contribution in [1.82, 2.24) is 0 Å². The van der Waals surface area contributed by atoms with Gasteiger partial charge in [0.15, 0.2) is 0 Å². The van der Waals surface area contributed by atoms with E-state index in [2.05, 4.69) is 6.92 Å². The predicted molar refractivity (Wildman–Crippen MR) is 122 cm³/mol. The van der Waals surface area contributed by atoms with Gasteiger partial charge in [-0.15, -0.1) is 0 Å². The summed E-state index contributed by atoms with van der Waals surface area (Å²) in [6.45, 7) is 2.22. The molecule has 0 saturated heterocycles. The van der Waals surface area contributed by atoms with E-state index in [4.69, 9.17) is 4.74 Å². The average Bonchev–Trinajstić information content (AvgIpc) is 2.74. The van der Waals surface area contributed by atoms with Gasteiger partial charge in [-0.25, -0.2) is 0 Å². The minimum atomic E-state index is -4.47. The predicted octanol–water partition coefficient (Wildman–Crippen LogP) is 3.66. The average molecular weight is 487 g/mol. The van der Waals surface area contributed by atoms with Crippen LogP contribution in [0.25, 0.3) is 0 Å².